The number of aromatic carboxylic acids is 1. The number of aryl methyl sites for hydroxylation is 1. The van der Waals surface area contributed by atoms with Crippen molar-refractivity contribution in [2.24, 2.45) is 0 Å². The maximum absolute atomic E-state index is 10.6. The third-order valence-electron chi connectivity index (χ3n) is 1.94. The molecule has 0 atom stereocenters. The summed E-state index contributed by atoms with van der Waals surface area (Å²) in [6.45, 7) is 1.88. The molecule has 4 nitrogen and oxygen atoms in total. The SMILES string of the molecule is Cc1ccc(CSc2ccc(C(=O)O)o2)o1. The van der Waals surface area contributed by atoms with Crippen molar-refractivity contribution in [1.29, 1.82) is 0 Å². The Kier molecular flexibility index (Phi) is 3.05. The molecule has 0 unspecified atom stereocenters. The molecule has 0 amide bonds. The predicted octanol–water partition coefficient (Wildman–Crippen LogP) is 3.17. The summed E-state index contributed by atoms with van der Waals surface area (Å²) in [5, 5.41) is 9.24. The number of hydrogen-bond acceptors (Lipinski definition) is 4. The number of rotatable bonds is 4. The van der Waals surface area contributed by atoms with Crippen LogP contribution in [-0.2, 0) is 5.75 Å². The number of hydrogen-bond donors (Lipinski definition) is 1. The Morgan fingerprint density at radius 3 is 2.69 bits per heavy atom. The van der Waals surface area contributed by atoms with Crippen LogP contribution in [0, 0.1) is 6.92 Å². The van der Waals surface area contributed by atoms with Gasteiger partial charge in [0.2, 0.25) is 5.76 Å². The molecule has 2 aromatic rings. The highest BCUT2D eigenvalue weighted by Gasteiger charge is 2.09. The monoisotopic (exact) mass is 238 g/mol. The van der Waals surface area contributed by atoms with E-state index in [9.17, 15) is 4.79 Å². The van der Waals surface area contributed by atoms with Crippen LogP contribution in [0.25, 0.3) is 0 Å². The average molecular weight is 238 g/mol. The van der Waals surface area contributed by atoms with Gasteiger partial charge in [0.15, 0.2) is 5.09 Å². The van der Waals surface area contributed by atoms with Crippen LogP contribution in [0.2, 0.25) is 0 Å². The first-order valence-corrected chi connectivity index (χ1v) is 5.65. The van der Waals surface area contributed by atoms with Crippen molar-refractivity contribution in [2.45, 2.75) is 17.8 Å². The van der Waals surface area contributed by atoms with Crippen LogP contribution in [-0.4, -0.2) is 11.1 Å². The van der Waals surface area contributed by atoms with Crippen LogP contribution >= 0.6 is 11.8 Å². The van der Waals surface area contributed by atoms with E-state index in [-0.39, 0.29) is 5.76 Å². The van der Waals surface area contributed by atoms with Gasteiger partial charge in [-0.3, -0.25) is 0 Å². The molecule has 0 aliphatic carbocycles. The topological polar surface area (TPSA) is 63.6 Å². The molecule has 0 aliphatic rings. The van der Waals surface area contributed by atoms with Gasteiger partial charge in [0, 0.05) is 0 Å². The quantitative estimate of drug-likeness (QED) is 0.829. The van der Waals surface area contributed by atoms with E-state index in [0.717, 1.165) is 11.5 Å². The zero-order chi connectivity index (χ0) is 11.5. The molecule has 5 heteroatoms. The van der Waals surface area contributed by atoms with Crippen molar-refractivity contribution in [3.05, 3.63) is 41.5 Å². The molecular weight excluding hydrogens is 228 g/mol. The smallest absolute Gasteiger partial charge is 0.371 e. The number of carbonyl (C=O) groups is 1. The number of carboxylic acids is 1. The molecule has 1 N–H and O–H groups in total. The lowest BCUT2D eigenvalue weighted by molar-refractivity contribution is 0.0656. The zero-order valence-electron chi connectivity index (χ0n) is 8.60. The molecule has 2 aromatic heterocycles. The first-order chi connectivity index (χ1) is 7.65. The van der Waals surface area contributed by atoms with Crippen LogP contribution in [0.15, 0.2) is 38.2 Å². The minimum Gasteiger partial charge on any atom is -0.475 e. The molecule has 2 heterocycles. The maximum atomic E-state index is 10.6. The summed E-state index contributed by atoms with van der Waals surface area (Å²) in [5.41, 5.74) is 0. The molecule has 0 bridgehead atoms. The van der Waals surface area contributed by atoms with Crippen molar-refractivity contribution >= 4 is 17.7 Å². The summed E-state index contributed by atoms with van der Waals surface area (Å²) in [4.78, 5) is 10.6. The van der Waals surface area contributed by atoms with E-state index in [1.165, 1.54) is 17.8 Å². The molecule has 84 valence electrons. The molecule has 16 heavy (non-hydrogen) atoms. The summed E-state index contributed by atoms with van der Waals surface area (Å²) < 4.78 is 10.5. The molecule has 0 fully saturated rings. The fourth-order valence-corrected chi connectivity index (χ4v) is 1.97. The van der Waals surface area contributed by atoms with E-state index in [2.05, 4.69) is 0 Å². The Labute approximate surface area is 96.3 Å². The Balaban J connectivity index is 1.97. The van der Waals surface area contributed by atoms with Crippen molar-refractivity contribution < 1.29 is 18.7 Å². The fraction of sp³-hybridized carbons (Fsp3) is 0.182. The third-order valence-corrected chi connectivity index (χ3v) is 2.88. The molecule has 0 aliphatic heterocycles. The summed E-state index contributed by atoms with van der Waals surface area (Å²) in [5.74, 6) is 1.23. The Bertz CT molecular complexity index is 498. The Hall–Kier alpha value is -1.62. The van der Waals surface area contributed by atoms with Crippen LogP contribution in [0.1, 0.15) is 22.1 Å². The number of furan rings is 2. The summed E-state index contributed by atoms with van der Waals surface area (Å²) in [6.07, 6.45) is 0. The molecule has 0 spiro atoms. The molecule has 0 saturated heterocycles. The highest BCUT2D eigenvalue weighted by atomic mass is 32.2. The lowest BCUT2D eigenvalue weighted by Gasteiger charge is -1.94. The second-order valence-electron chi connectivity index (χ2n) is 3.22. The van der Waals surface area contributed by atoms with E-state index in [1.807, 2.05) is 19.1 Å². The Morgan fingerprint density at radius 1 is 1.31 bits per heavy atom. The van der Waals surface area contributed by atoms with E-state index in [1.54, 1.807) is 6.07 Å². The van der Waals surface area contributed by atoms with Gasteiger partial charge in [-0.2, -0.15) is 0 Å². The third kappa shape index (κ3) is 2.49. The molecular formula is C11H10O4S. The first-order valence-electron chi connectivity index (χ1n) is 4.66. The normalized spacial score (nSPS) is 10.6. The number of carboxylic acid groups (broad SMARTS) is 1. The van der Waals surface area contributed by atoms with Crippen molar-refractivity contribution in [3.8, 4) is 0 Å². The van der Waals surface area contributed by atoms with E-state index < -0.39 is 5.97 Å². The second kappa shape index (κ2) is 4.49. The molecule has 0 radical (unpaired) electrons. The van der Waals surface area contributed by atoms with Gasteiger partial charge in [0.1, 0.15) is 11.5 Å². The van der Waals surface area contributed by atoms with Gasteiger partial charge in [-0.15, -0.1) is 0 Å². The van der Waals surface area contributed by atoms with Gasteiger partial charge < -0.3 is 13.9 Å². The van der Waals surface area contributed by atoms with E-state index in [4.69, 9.17) is 13.9 Å². The summed E-state index contributed by atoms with van der Waals surface area (Å²) in [7, 11) is 0. The lowest BCUT2D eigenvalue weighted by atomic mass is 10.5. The van der Waals surface area contributed by atoms with Crippen molar-refractivity contribution in [3.63, 3.8) is 0 Å². The van der Waals surface area contributed by atoms with Gasteiger partial charge in [-0.05, 0) is 31.2 Å². The summed E-state index contributed by atoms with van der Waals surface area (Å²) >= 11 is 1.40. The zero-order valence-corrected chi connectivity index (χ0v) is 9.41. The predicted molar refractivity (Wildman–Crippen MR) is 58.7 cm³/mol. The highest BCUT2D eigenvalue weighted by Crippen LogP contribution is 2.25. The lowest BCUT2D eigenvalue weighted by Crippen LogP contribution is -1.91. The number of thioether (sulfide) groups is 1. The highest BCUT2D eigenvalue weighted by molar-refractivity contribution is 7.98. The first kappa shape index (κ1) is 10.9. The van der Waals surface area contributed by atoms with Gasteiger partial charge in [0.25, 0.3) is 0 Å². The Morgan fingerprint density at radius 2 is 2.12 bits per heavy atom. The van der Waals surface area contributed by atoms with Gasteiger partial charge >= 0.3 is 5.97 Å². The maximum Gasteiger partial charge on any atom is 0.371 e. The molecule has 0 saturated carbocycles. The van der Waals surface area contributed by atoms with Gasteiger partial charge in [-0.1, -0.05) is 11.8 Å². The minimum absolute atomic E-state index is 0.0434. The van der Waals surface area contributed by atoms with Crippen LogP contribution in [0.3, 0.4) is 0 Å². The second-order valence-corrected chi connectivity index (χ2v) is 4.20. The largest absolute Gasteiger partial charge is 0.475 e. The van der Waals surface area contributed by atoms with Crippen molar-refractivity contribution in [2.75, 3.05) is 0 Å². The minimum atomic E-state index is -1.05. The van der Waals surface area contributed by atoms with Crippen molar-refractivity contribution in [1.82, 2.24) is 0 Å². The fourth-order valence-electron chi connectivity index (χ4n) is 1.22. The van der Waals surface area contributed by atoms with E-state index >= 15 is 0 Å². The molecule has 0 aromatic carbocycles. The van der Waals surface area contributed by atoms with E-state index in [0.29, 0.717) is 10.8 Å². The standard InChI is InChI=1S/C11H10O4S/c1-7-2-3-8(14-7)6-16-10-5-4-9(15-10)11(12)13/h2-5H,6H2,1H3,(H,12,13). The van der Waals surface area contributed by atoms with Gasteiger partial charge in [-0.25, -0.2) is 4.79 Å². The van der Waals surface area contributed by atoms with Crippen LogP contribution in [0.4, 0.5) is 0 Å². The van der Waals surface area contributed by atoms with Crippen LogP contribution < -0.4 is 0 Å². The summed E-state index contributed by atoms with van der Waals surface area (Å²) in [6, 6.07) is 6.87. The van der Waals surface area contributed by atoms with Gasteiger partial charge in [0.05, 0.1) is 5.75 Å². The van der Waals surface area contributed by atoms with Crippen LogP contribution in [0.5, 0.6) is 0 Å². The average Bonchev–Trinajstić information content (AvgIpc) is 2.83. The molecule has 2 rings (SSSR count).